The first-order valence-electron chi connectivity index (χ1n) is 14.5. The fraction of sp³-hybridized carbons (Fsp3) is 0.800. The van der Waals surface area contributed by atoms with E-state index in [0.29, 0.717) is 32.7 Å². The van der Waals surface area contributed by atoms with Gasteiger partial charge in [-0.15, -0.1) is 6.58 Å². The summed E-state index contributed by atoms with van der Waals surface area (Å²) in [6.07, 6.45) is -1.98. The van der Waals surface area contributed by atoms with Gasteiger partial charge in [0.05, 0.1) is 31.5 Å². The number of nitrogens with zero attached hydrogens (tertiary/aromatic N) is 1. The maximum atomic E-state index is 14.0. The smallest absolute Gasteiger partial charge is 0.344 e. The maximum Gasteiger partial charge on any atom is 0.344 e. The van der Waals surface area contributed by atoms with Crippen LogP contribution in [-0.4, -0.2) is 113 Å². The number of ether oxygens (including phenoxy) is 5. The fourth-order valence-corrected chi connectivity index (χ4v) is 8.06. The van der Waals surface area contributed by atoms with E-state index in [2.05, 4.69) is 6.58 Å². The third-order valence-electron chi connectivity index (χ3n) is 10.1. The molecule has 0 bridgehead atoms. The maximum absolute atomic E-state index is 14.0. The van der Waals surface area contributed by atoms with Crippen molar-refractivity contribution >= 4 is 23.7 Å². The number of Topliss-reactive ketones (excluding diaryl/α,β-unsaturated/α-hetero) is 1. The lowest BCUT2D eigenvalue weighted by molar-refractivity contribution is -0.371. The second-order valence-electron chi connectivity index (χ2n) is 13.4. The number of fused-ring (bicyclic) bond motifs is 3. The van der Waals surface area contributed by atoms with Gasteiger partial charge in [-0.1, -0.05) is 26.8 Å². The highest BCUT2D eigenvalue weighted by molar-refractivity contribution is 5.92. The molecule has 0 unspecified atom stereocenters. The van der Waals surface area contributed by atoms with Crippen molar-refractivity contribution in [2.75, 3.05) is 39.5 Å². The molecule has 0 aromatic carbocycles. The predicted octanol–water partition coefficient (Wildman–Crippen LogP) is 0.946. The molecule has 2 N–H and O–H groups in total. The summed E-state index contributed by atoms with van der Waals surface area (Å²) >= 11 is 0. The molecule has 2 aliphatic carbocycles. The molecule has 0 amide bonds. The van der Waals surface area contributed by atoms with Crippen LogP contribution in [0.2, 0.25) is 0 Å². The minimum atomic E-state index is -2.34. The van der Waals surface area contributed by atoms with Crippen LogP contribution in [-0.2, 0) is 42.9 Å². The number of esters is 3. The van der Waals surface area contributed by atoms with Crippen molar-refractivity contribution in [2.45, 2.75) is 95.9 Å². The van der Waals surface area contributed by atoms with E-state index >= 15 is 0 Å². The van der Waals surface area contributed by atoms with Crippen molar-refractivity contribution in [3.63, 3.8) is 0 Å². The van der Waals surface area contributed by atoms with Crippen molar-refractivity contribution in [3.05, 3.63) is 12.7 Å². The quantitative estimate of drug-likeness (QED) is 0.244. The van der Waals surface area contributed by atoms with Gasteiger partial charge in [0, 0.05) is 37.8 Å². The summed E-state index contributed by atoms with van der Waals surface area (Å²) in [6.45, 7) is 14.8. The van der Waals surface area contributed by atoms with Crippen LogP contribution in [0.1, 0.15) is 60.8 Å². The molecule has 8 atom stereocenters. The largest absolute Gasteiger partial charge is 0.455 e. The van der Waals surface area contributed by atoms with Gasteiger partial charge in [0.25, 0.3) is 0 Å². The highest BCUT2D eigenvalue weighted by Crippen LogP contribution is 2.67. The van der Waals surface area contributed by atoms with E-state index in [4.69, 9.17) is 23.7 Å². The van der Waals surface area contributed by atoms with Crippen LogP contribution in [0, 0.1) is 16.7 Å². The van der Waals surface area contributed by atoms with Gasteiger partial charge in [0.1, 0.15) is 11.7 Å². The van der Waals surface area contributed by atoms with Crippen molar-refractivity contribution in [1.29, 1.82) is 0 Å². The standard InChI is InChI=1S/C30H45NO11/c1-8-27(5)15-20(34)30(37)28(6)19(33)9-10-26(3,4)24(28)23(25(40-18(2)32)29(30,7)42-27)41-22(36)17-39-21(35)16-31-11-13-38-14-12-31/h8,19,23-25,33,37H,1,9-17H2,2-7H3/t19-,23-,24-,25-,27-,28-,29+,30-/m0/s1. The second kappa shape index (κ2) is 11.3. The zero-order valence-electron chi connectivity index (χ0n) is 25.5. The van der Waals surface area contributed by atoms with Crippen LogP contribution in [0.25, 0.3) is 0 Å². The highest BCUT2D eigenvalue weighted by atomic mass is 16.6. The number of rotatable bonds is 7. The molecule has 4 aliphatic rings. The normalized spacial score (nSPS) is 41.6. The van der Waals surface area contributed by atoms with E-state index in [9.17, 15) is 29.4 Å². The third kappa shape index (κ3) is 5.19. The molecule has 12 heteroatoms. The summed E-state index contributed by atoms with van der Waals surface area (Å²) in [6, 6.07) is 0. The van der Waals surface area contributed by atoms with Crippen LogP contribution in [0.3, 0.4) is 0 Å². The predicted molar refractivity (Wildman–Crippen MR) is 147 cm³/mol. The lowest BCUT2D eigenvalue weighted by atomic mass is 9.39. The van der Waals surface area contributed by atoms with Crippen molar-refractivity contribution < 1.29 is 53.1 Å². The number of carbonyl (C=O) groups excluding carboxylic acids is 4. The van der Waals surface area contributed by atoms with Gasteiger partial charge in [0.2, 0.25) is 0 Å². The van der Waals surface area contributed by atoms with Gasteiger partial charge in [-0.25, -0.2) is 4.79 Å². The lowest BCUT2D eigenvalue weighted by Crippen LogP contribution is -2.87. The third-order valence-corrected chi connectivity index (χ3v) is 10.1. The van der Waals surface area contributed by atoms with Crippen molar-refractivity contribution in [1.82, 2.24) is 4.90 Å². The number of carbonyl (C=O) groups is 4. The van der Waals surface area contributed by atoms with E-state index in [-0.39, 0.29) is 19.4 Å². The Kier molecular flexibility index (Phi) is 8.73. The Morgan fingerprint density at radius 1 is 1.10 bits per heavy atom. The van der Waals surface area contributed by atoms with Crippen LogP contribution in [0.15, 0.2) is 12.7 Å². The Bertz CT molecular complexity index is 1120. The summed E-state index contributed by atoms with van der Waals surface area (Å²) in [5.74, 6) is -3.74. The molecule has 0 radical (unpaired) electrons. The molecule has 12 nitrogen and oxygen atoms in total. The summed E-state index contributed by atoms with van der Waals surface area (Å²) in [5, 5.41) is 24.1. The lowest BCUT2D eigenvalue weighted by Gasteiger charge is -2.71. The summed E-state index contributed by atoms with van der Waals surface area (Å²) < 4.78 is 28.7. The number of hydrogen-bond donors (Lipinski definition) is 2. The molecule has 0 aromatic rings. The molecule has 4 rings (SSSR count). The summed E-state index contributed by atoms with van der Waals surface area (Å²) in [4.78, 5) is 54.1. The highest BCUT2D eigenvalue weighted by Gasteiger charge is 2.82. The molecular weight excluding hydrogens is 550 g/mol. The summed E-state index contributed by atoms with van der Waals surface area (Å²) in [5.41, 5.74) is -7.84. The first-order valence-corrected chi connectivity index (χ1v) is 14.5. The minimum Gasteiger partial charge on any atom is -0.455 e. The van der Waals surface area contributed by atoms with Crippen LogP contribution < -0.4 is 0 Å². The van der Waals surface area contributed by atoms with E-state index in [1.165, 1.54) is 19.9 Å². The van der Waals surface area contributed by atoms with Crippen molar-refractivity contribution in [2.24, 2.45) is 16.7 Å². The zero-order valence-corrected chi connectivity index (χ0v) is 25.5. The topological polar surface area (TPSA) is 158 Å². The Labute approximate surface area is 246 Å². The summed E-state index contributed by atoms with van der Waals surface area (Å²) in [7, 11) is 0. The SMILES string of the molecule is C=C[C@@]1(C)CC(=O)[C@]2(O)[C@@]3(C)[C@@H](O)CCC(C)(C)[C@@H]3[C@H](OC(=O)COC(=O)CN3CCOCC3)[C@H](OC(C)=O)[C@@]2(C)O1. The van der Waals surface area contributed by atoms with Gasteiger partial charge in [-0.2, -0.15) is 0 Å². The zero-order chi connectivity index (χ0) is 31.3. The van der Waals surface area contributed by atoms with Crippen LogP contribution in [0.4, 0.5) is 0 Å². The van der Waals surface area contributed by atoms with Crippen LogP contribution >= 0.6 is 0 Å². The van der Waals surface area contributed by atoms with Gasteiger partial charge >= 0.3 is 17.9 Å². The van der Waals surface area contributed by atoms with E-state index in [0.717, 1.165) is 0 Å². The fourth-order valence-electron chi connectivity index (χ4n) is 8.06. The van der Waals surface area contributed by atoms with E-state index in [1.807, 2.05) is 18.7 Å². The Morgan fingerprint density at radius 3 is 2.33 bits per heavy atom. The van der Waals surface area contributed by atoms with Gasteiger partial charge in [-0.05, 0) is 32.1 Å². The number of hydrogen-bond acceptors (Lipinski definition) is 12. The molecule has 4 fully saturated rings. The first kappa shape index (κ1) is 32.5. The van der Waals surface area contributed by atoms with Crippen molar-refractivity contribution in [3.8, 4) is 0 Å². The average Bonchev–Trinajstić information content (AvgIpc) is 2.90. The van der Waals surface area contributed by atoms with Gasteiger partial charge < -0.3 is 33.9 Å². The molecule has 0 spiro atoms. The first-order chi connectivity index (χ1) is 19.4. The molecule has 2 saturated heterocycles. The molecule has 236 valence electrons. The second-order valence-corrected chi connectivity index (χ2v) is 13.4. The molecule has 2 heterocycles. The number of aliphatic hydroxyl groups is 2. The Morgan fingerprint density at radius 2 is 1.74 bits per heavy atom. The Balaban J connectivity index is 1.73. The molecule has 0 aromatic heterocycles. The Hall–Kier alpha value is -2.38. The molecule has 2 saturated carbocycles. The minimum absolute atomic E-state index is 0.0166. The van der Waals surface area contributed by atoms with Gasteiger partial charge in [0.15, 0.2) is 24.1 Å². The average molecular weight is 596 g/mol. The van der Waals surface area contributed by atoms with Gasteiger partial charge in [-0.3, -0.25) is 19.3 Å². The molecule has 2 aliphatic heterocycles. The number of morpholine rings is 1. The monoisotopic (exact) mass is 595 g/mol. The van der Waals surface area contributed by atoms with E-state index in [1.54, 1.807) is 13.8 Å². The number of ketones is 1. The molecule has 42 heavy (non-hydrogen) atoms. The molecular formula is C30H45NO11. The van der Waals surface area contributed by atoms with Crippen LogP contribution in [0.5, 0.6) is 0 Å². The van der Waals surface area contributed by atoms with E-state index < -0.39 is 82.2 Å². The number of aliphatic hydroxyl groups excluding tert-OH is 1.